The summed E-state index contributed by atoms with van der Waals surface area (Å²) < 4.78 is 13.3. The molecule has 5 heteroatoms. The van der Waals surface area contributed by atoms with Gasteiger partial charge in [0.05, 0.1) is 0 Å². The molecule has 2 rings (SSSR count). The molecule has 23 heavy (non-hydrogen) atoms. The number of rotatable bonds is 6. The van der Waals surface area contributed by atoms with Crippen molar-refractivity contribution in [1.29, 1.82) is 0 Å². The maximum Gasteiger partial charge on any atom is 0.245 e. The number of halogens is 1. The first-order valence-corrected chi connectivity index (χ1v) is 8.28. The maximum absolute atomic E-state index is 13.3. The molecule has 4 nitrogen and oxygen atoms in total. The molecular formula is C18H25FN2O2. The molecule has 0 bridgehead atoms. The number of amides is 2. The van der Waals surface area contributed by atoms with E-state index in [4.69, 9.17) is 0 Å². The fourth-order valence-electron chi connectivity index (χ4n) is 3.02. The molecule has 0 aliphatic carbocycles. The van der Waals surface area contributed by atoms with Gasteiger partial charge in [-0.3, -0.25) is 9.59 Å². The summed E-state index contributed by atoms with van der Waals surface area (Å²) in [7, 11) is 0. The van der Waals surface area contributed by atoms with Crippen LogP contribution in [0.1, 0.15) is 39.2 Å². The quantitative estimate of drug-likeness (QED) is 0.809. The standard InChI is InChI=1S/C18H25FN2O2/c1-4-14(5-2)11-21-13(3)18(23)20(12-17(21)22)10-15-7-6-8-16(19)9-15/h6-9,13-14H,4-5,10-12H2,1-3H3/t13-/m0/s1. The van der Waals surface area contributed by atoms with E-state index in [9.17, 15) is 14.0 Å². The van der Waals surface area contributed by atoms with Gasteiger partial charge in [0.2, 0.25) is 11.8 Å². The molecule has 1 heterocycles. The van der Waals surface area contributed by atoms with Gasteiger partial charge in [-0.15, -0.1) is 0 Å². The van der Waals surface area contributed by atoms with Crippen molar-refractivity contribution < 1.29 is 14.0 Å². The Hall–Kier alpha value is -1.91. The highest BCUT2D eigenvalue weighted by Crippen LogP contribution is 2.19. The summed E-state index contributed by atoms with van der Waals surface area (Å²) >= 11 is 0. The normalized spacial score (nSPS) is 18.9. The molecule has 126 valence electrons. The molecule has 1 saturated heterocycles. The van der Waals surface area contributed by atoms with Gasteiger partial charge in [-0.1, -0.05) is 38.8 Å². The molecule has 0 radical (unpaired) electrons. The molecule has 1 aromatic carbocycles. The topological polar surface area (TPSA) is 40.6 Å². The highest BCUT2D eigenvalue weighted by Gasteiger charge is 2.36. The van der Waals surface area contributed by atoms with Gasteiger partial charge in [0, 0.05) is 13.1 Å². The summed E-state index contributed by atoms with van der Waals surface area (Å²) in [5, 5.41) is 0. The largest absolute Gasteiger partial charge is 0.329 e. The third-order valence-electron chi connectivity index (χ3n) is 4.66. The number of nitrogens with zero attached hydrogens (tertiary/aromatic N) is 2. The minimum Gasteiger partial charge on any atom is -0.329 e. The Morgan fingerprint density at radius 2 is 1.96 bits per heavy atom. The molecule has 1 aliphatic heterocycles. The van der Waals surface area contributed by atoms with Gasteiger partial charge < -0.3 is 9.80 Å². The van der Waals surface area contributed by atoms with Crippen LogP contribution in [0.2, 0.25) is 0 Å². The van der Waals surface area contributed by atoms with E-state index < -0.39 is 6.04 Å². The van der Waals surface area contributed by atoms with Crippen LogP contribution < -0.4 is 0 Å². The number of piperazine rings is 1. The summed E-state index contributed by atoms with van der Waals surface area (Å²) in [5.74, 6) is -0.00844. The van der Waals surface area contributed by atoms with Gasteiger partial charge >= 0.3 is 0 Å². The predicted molar refractivity (Wildman–Crippen MR) is 87.1 cm³/mol. The SMILES string of the molecule is CCC(CC)CN1C(=O)CN(Cc2cccc(F)c2)C(=O)[C@@H]1C. The third-order valence-corrected chi connectivity index (χ3v) is 4.66. The molecule has 1 fully saturated rings. The van der Waals surface area contributed by atoms with E-state index in [-0.39, 0.29) is 30.7 Å². The number of hydrogen-bond donors (Lipinski definition) is 0. The van der Waals surface area contributed by atoms with Gasteiger partial charge in [-0.05, 0) is 30.5 Å². The number of hydrogen-bond acceptors (Lipinski definition) is 2. The van der Waals surface area contributed by atoms with Gasteiger partial charge in [-0.2, -0.15) is 0 Å². The van der Waals surface area contributed by atoms with Crippen LogP contribution in [0.4, 0.5) is 4.39 Å². The second kappa shape index (κ2) is 7.57. The molecule has 0 aromatic heterocycles. The zero-order valence-electron chi connectivity index (χ0n) is 14.1. The van der Waals surface area contributed by atoms with Gasteiger partial charge in [-0.25, -0.2) is 4.39 Å². The third kappa shape index (κ3) is 4.09. The monoisotopic (exact) mass is 320 g/mol. The molecule has 2 amide bonds. The first kappa shape index (κ1) is 17.4. The van der Waals surface area contributed by atoms with Crippen molar-refractivity contribution in [2.24, 2.45) is 5.92 Å². The van der Waals surface area contributed by atoms with Crippen LogP contribution in [-0.4, -0.2) is 40.7 Å². The molecule has 0 unspecified atom stereocenters. The van der Waals surface area contributed by atoms with Crippen LogP contribution in [0.5, 0.6) is 0 Å². The van der Waals surface area contributed by atoms with E-state index in [2.05, 4.69) is 13.8 Å². The highest BCUT2D eigenvalue weighted by molar-refractivity contribution is 5.94. The van der Waals surface area contributed by atoms with Crippen LogP contribution in [0.25, 0.3) is 0 Å². The molecule has 0 saturated carbocycles. The molecule has 1 aliphatic rings. The van der Waals surface area contributed by atoms with Crippen molar-refractivity contribution in [2.75, 3.05) is 13.1 Å². The van der Waals surface area contributed by atoms with E-state index in [1.807, 2.05) is 0 Å². The van der Waals surface area contributed by atoms with E-state index in [0.29, 0.717) is 18.0 Å². The van der Waals surface area contributed by atoms with Crippen molar-refractivity contribution in [3.63, 3.8) is 0 Å². The maximum atomic E-state index is 13.3. The molecule has 1 aromatic rings. The Morgan fingerprint density at radius 1 is 1.26 bits per heavy atom. The zero-order valence-corrected chi connectivity index (χ0v) is 14.1. The van der Waals surface area contributed by atoms with Crippen molar-refractivity contribution in [2.45, 2.75) is 46.2 Å². The Balaban J connectivity index is 2.07. The molecule has 1 atom stereocenters. The smallest absolute Gasteiger partial charge is 0.245 e. The first-order valence-electron chi connectivity index (χ1n) is 8.28. The molecular weight excluding hydrogens is 295 g/mol. The summed E-state index contributed by atoms with van der Waals surface area (Å²) in [6.45, 7) is 6.95. The fourth-order valence-corrected chi connectivity index (χ4v) is 3.02. The average Bonchev–Trinajstić information content (AvgIpc) is 2.53. The summed E-state index contributed by atoms with van der Waals surface area (Å²) in [5.41, 5.74) is 0.701. The van der Waals surface area contributed by atoms with Gasteiger partial charge in [0.25, 0.3) is 0 Å². The Kier molecular flexibility index (Phi) is 5.74. The van der Waals surface area contributed by atoms with Gasteiger partial charge in [0.1, 0.15) is 18.4 Å². The summed E-state index contributed by atoms with van der Waals surface area (Å²) in [4.78, 5) is 28.2. The lowest BCUT2D eigenvalue weighted by Crippen LogP contribution is -2.59. The van der Waals surface area contributed by atoms with Crippen LogP contribution in [0, 0.1) is 11.7 Å². The van der Waals surface area contributed by atoms with Crippen molar-refractivity contribution in [3.8, 4) is 0 Å². The fraction of sp³-hybridized carbons (Fsp3) is 0.556. The lowest BCUT2D eigenvalue weighted by atomic mass is 10.0. The molecule has 0 spiro atoms. The second-order valence-corrected chi connectivity index (χ2v) is 6.23. The van der Waals surface area contributed by atoms with Crippen LogP contribution in [0.3, 0.4) is 0 Å². The molecule has 0 N–H and O–H groups in total. The van der Waals surface area contributed by atoms with Crippen molar-refractivity contribution in [1.82, 2.24) is 9.80 Å². The average molecular weight is 320 g/mol. The highest BCUT2D eigenvalue weighted by atomic mass is 19.1. The van der Waals surface area contributed by atoms with E-state index in [1.165, 1.54) is 17.0 Å². The second-order valence-electron chi connectivity index (χ2n) is 6.23. The Morgan fingerprint density at radius 3 is 2.57 bits per heavy atom. The minimum absolute atomic E-state index is 0.0274. The van der Waals surface area contributed by atoms with Crippen LogP contribution >= 0.6 is 0 Å². The lowest BCUT2D eigenvalue weighted by molar-refractivity contribution is -0.156. The van der Waals surface area contributed by atoms with Gasteiger partial charge in [0.15, 0.2) is 0 Å². The van der Waals surface area contributed by atoms with Crippen molar-refractivity contribution >= 4 is 11.8 Å². The number of carbonyl (C=O) groups is 2. The predicted octanol–water partition coefficient (Wildman–Crippen LogP) is 2.82. The van der Waals surface area contributed by atoms with E-state index in [1.54, 1.807) is 24.0 Å². The lowest BCUT2D eigenvalue weighted by Gasteiger charge is -2.40. The zero-order chi connectivity index (χ0) is 17.0. The van der Waals surface area contributed by atoms with E-state index in [0.717, 1.165) is 12.8 Å². The summed E-state index contributed by atoms with van der Waals surface area (Å²) in [6, 6.07) is 5.70. The summed E-state index contributed by atoms with van der Waals surface area (Å²) in [6.07, 6.45) is 1.99. The van der Waals surface area contributed by atoms with E-state index >= 15 is 0 Å². The van der Waals surface area contributed by atoms with Crippen LogP contribution in [-0.2, 0) is 16.1 Å². The Labute approximate surface area is 137 Å². The first-order chi connectivity index (χ1) is 11.0. The Bertz CT molecular complexity index is 572. The van der Waals surface area contributed by atoms with Crippen molar-refractivity contribution in [3.05, 3.63) is 35.6 Å². The number of carbonyl (C=O) groups excluding carboxylic acids is 2. The van der Waals surface area contributed by atoms with Crippen LogP contribution in [0.15, 0.2) is 24.3 Å². The minimum atomic E-state index is -0.453. The number of benzene rings is 1.